The molecule has 0 saturated heterocycles. The Kier molecular flexibility index (Phi) is 5.53. The van der Waals surface area contributed by atoms with Crippen molar-refractivity contribution in [2.75, 3.05) is 26.8 Å². The van der Waals surface area contributed by atoms with Gasteiger partial charge in [-0.1, -0.05) is 17.4 Å². The molecule has 8 heteroatoms. The quantitative estimate of drug-likeness (QED) is 0.496. The van der Waals surface area contributed by atoms with Gasteiger partial charge in [-0.15, -0.1) is 0 Å². The first-order valence-corrected chi connectivity index (χ1v) is 7.48. The lowest BCUT2D eigenvalue weighted by Crippen LogP contribution is -1.99. The van der Waals surface area contributed by atoms with Crippen LogP contribution in [-0.4, -0.2) is 38.5 Å². The first-order chi connectivity index (χ1) is 11.1. The molecule has 2 aromatic rings. The van der Waals surface area contributed by atoms with E-state index in [9.17, 15) is 4.79 Å². The highest BCUT2D eigenvalue weighted by molar-refractivity contribution is 7.17. The molecule has 2 rings (SSSR count). The van der Waals surface area contributed by atoms with Crippen molar-refractivity contribution in [1.82, 2.24) is 4.98 Å². The highest BCUT2D eigenvalue weighted by Crippen LogP contribution is 2.29. The van der Waals surface area contributed by atoms with Gasteiger partial charge < -0.3 is 14.2 Å². The van der Waals surface area contributed by atoms with Crippen LogP contribution < -0.4 is 14.9 Å². The number of benzene rings is 1. The third kappa shape index (κ3) is 3.78. The number of nitrogens with one attached hydrogen (secondary N) is 1. The summed E-state index contributed by atoms with van der Waals surface area (Å²) in [7, 11) is 4.47. The van der Waals surface area contributed by atoms with E-state index in [1.54, 1.807) is 33.4 Å². The minimum Gasteiger partial charge on any atom is -0.493 e. The van der Waals surface area contributed by atoms with Crippen molar-refractivity contribution >= 4 is 28.7 Å². The van der Waals surface area contributed by atoms with Gasteiger partial charge >= 0.3 is 5.97 Å². The molecule has 1 aromatic heterocycles. The van der Waals surface area contributed by atoms with Crippen LogP contribution in [0.3, 0.4) is 0 Å². The lowest BCUT2D eigenvalue weighted by Gasteiger charge is -2.09. The number of thiazole rings is 1. The minimum absolute atomic E-state index is 0.411. The van der Waals surface area contributed by atoms with E-state index in [0.717, 1.165) is 5.56 Å². The van der Waals surface area contributed by atoms with Crippen molar-refractivity contribution in [1.29, 1.82) is 0 Å². The Labute approximate surface area is 137 Å². The van der Waals surface area contributed by atoms with Gasteiger partial charge in [0, 0.05) is 5.56 Å². The molecule has 0 spiro atoms. The van der Waals surface area contributed by atoms with Crippen molar-refractivity contribution in [2.45, 2.75) is 6.92 Å². The Morgan fingerprint density at radius 3 is 2.74 bits per heavy atom. The maximum atomic E-state index is 11.5. The van der Waals surface area contributed by atoms with Crippen molar-refractivity contribution < 1.29 is 19.0 Å². The summed E-state index contributed by atoms with van der Waals surface area (Å²) in [4.78, 5) is 16.2. The van der Waals surface area contributed by atoms with Crippen LogP contribution in [-0.2, 0) is 4.74 Å². The third-order valence-electron chi connectivity index (χ3n) is 2.96. The number of hydrogen-bond acceptors (Lipinski definition) is 8. The maximum absolute atomic E-state index is 11.5. The van der Waals surface area contributed by atoms with E-state index in [1.165, 1.54) is 18.4 Å². The fourth-order valence-corrected chi connectivity index (χ4v) is 2.73. The highest BCUT2D eigenvalue weighted by atomic mass is 32.1. The molecule has 0 radical (unpaired) electrons. The molecule has 0 aliphatic heterocycles. The number of methoxy groups -OCH3 is 3. The smallest absolute Gasteiger partial charge is 0.350 e. The van der Waals surface area contributed by atoms with Crippen LogP contribution in [0.1, 0.15) is 20.9 Å². The number of nitrogens with zero attached hydrogens (tertiary/aromatic N) is 2. The van der Waals surface area contributed by atoms with Crippen molar-refractivity contribution in [3.63, 3.8) is 0 Å². The Bertz CT molecular complexity index is 728. The Hall–Kier alpha value is -2.61. The molecule has 1 N–H and O–H groups in total. The third-order valence-corrected chi connectivity index (χ3v) is 4.01. The highest BCUT2D eigenvalue weighted by Gasteiger charge is 2.15. The fourth-order valence-electron chi connectivity index (χ4n) is 1.90. The van der Waals surface area contributed by atoms with Crippen molar-refractivity contribution in [3.8, 4) is 11.5 Å². The first-order valence-electron chi connectivity index (χ1n) is 6.66. The normalized spacial score (nSPS) is 10.6. The number of aryl methyl sites for hydroxylation is 1. The summed E-state index contributed by atoms with van der Waals surface area (Å²) in [5, 5.41) is 4.62. The Morgan fingerprint density at radius 2 is 2.09 bits per heavy atom. The van der Waals surface area contributed by atoms with Crippen LogP contribution in [0.2, 0.25) is 0 Å². The molecule has 0 fully saturated rings. The van der Waals surface area contributed by atoms with Gasteiger partial charge in [-0.3, -0.25) is 5.43 Å². The lowest BCUT2D eigenvalue weighted by molar-refractivity contribution is 0.0605. The molecule has 23 heavy (non-hydrogen) atoms. The van der Waals surface area contributed by atoms with Crippen LogP contribution in [0, 0.1) is 6.92 Å². The molecule has 0 aliphatic rings. The SMILES string of the molecule is COC(=O)c1sc(N/N=C/c2cccc(OC)c2OC)nc1C. The predicted octanol–water partition coefficient (Wildman–Crippen LogP) is 2.70. The van der Waals surface area contributed by atoms with E-state index in [2.05, 4.69) is 15.5 Å². The number of carbonyl (C=O) groups is 1. The molecular formula is C15H17N3O4S. The largest absolute Gasteiger partial charge is 0.493 e. The summed E-state index contributed by atoms with van der Waals surface area (Å²) in [6.45, 7) is 1.74. The molecule has 1 heterocycles. The predicted molar refractivity (Wildman–Crippen MR) is 89.0 cm³/mol. The van der Waals surface area contributed by atoms with Crippen LogP contribution in [0.25, 0.3) is 0 Å². The lowest BCUT2D eigenvalue weighted by atomic mass is 10.2. The minimum atomic E-state index is -0.411. The van der Waals surface area contributed by atoms with Gasteiger partial charge in [0.25, 0.3) is 0 Å². The molecule has 0 amide bonds. The second-order valence-corrected chi connectivity index (χ2v) is 5.38. The van der Waals surface area contributed by atoms with Gasteiger partial charge in [0.05, 0.1) is 33.2 Å². The van der Waals surface area contributed by atoms with Gasteiger partial charge in [0.15, 0.2) is 11.5 Å². The number of hydrogen-bond donors (Lipinski definition) is 1. The van der Waals surface area contributed by atoms with E-state index >= 15 is 0 Å². The van der Waals surface area contributed by atoms with E-state index in [-0.39, 0.29) is 0 Å². The van der Waals surface area contributed by atoms with Gasteiger partial charge in [-0.2, -0.15) is 5.10 Å². The number of aromatic nitrogens is 1. The molecule has 0 aliphatic carbocycles. The first kappa shape index (κ1) is 16.8. The summed E-state index contributed by atoms with van der Waals surface area (Å²) in [6, 6.07) is 5.49. The number of esters is 1. The standard InChI is InChI=1S/C15H17N3O4S/c1-9-13(14(19)22-4)23-15(17-9)18-16-8-10-6-5-7-11(20-2)12(10)21-3/h5-8H,1-4H3,(H,17,18)/b16-8+. The Balaban J connectivity index is 2.15. The average molecular weight is 335 g/mol. The van der Waals surface area contributed by atoms with E-state index < -0.39 is 5.97 Å². The molecule has 7 nitrogen and oxygen atoms in total. The molecule has 1 aromatic carbocycles. The zero-order chi connectivity index (χ0) is 16.8. The average Bonchev–Trinajstić information content (AvgIpc) is 2.94. The molecule has 122 valence electrons. The van der Waals surface area contributed by atoms with Crippen LogP contribution in [0.15, 0.2) is 23.3 Å². The number of carbonyl (C=O) groups excluding carboxylic acids is 1. The van der Waals surface area contributed by atoms with E-state index in [4.69, 9.17) is 14.2 Å². The monoisotopic (exact) mass is 335 g/mol. The summed E-state index contributed by atoms with van der Waals surface area (Å²) < 4.78 is 15.2. The van der Waals surface area contributed by atoms with Gasteiger partial charge in [0.2, 0.25) is 5.13 Å². The van der Waals surface area contributed by atoms with Crippen molar-refractivity contribution in [2.24, 2.45) is 5.10 Å². The zero-order valence-electron chi connectivity index (χ0n) is 13.2. The maximum Gasteiger partial charge on any atom is 0.350 e. The summed E-state index contributed by atoms with van der Waals surface area (Å²) in [6.07, 6.45) is 1.59. The summed E-state index contributed by atoms with van der Waals surface area (Å²) in [5.74, 6) is 0.798. The topological polar surface area (TPSA) is 82.0 Å². The van der Waals surface area contributed by atoms with E-state index in [0.29, 0.717) is 27.2 Å². The molecule has 0 saturated carbocycles. The molecule has 0 unspecified atom stereocenters. The van der Waals surface area contributed by atoms with Crippen molar-refractivity contribution in [3.05, 3.63) is 34.3 Å². The fraction of sp³-hybridized carbons (Fsp3) is 0.267. The Morgan fingerprint density at radius 1 is 1.30 bits per heavy atom. The molecule has 0 bridgehead atoms. The second kappa shape index (κ2) is 7.59. The number of hydrazone groups is 1. The number of rotatable bonds is 6. The van der Waals surface area contributed by atoms with Gasteiger partial charge in [-0.25, -0.2) is 9.78 Å². The zero-order valence-corrected chi connectivity index (χ0v) is 14.1. The molecule has 0 atom stereocenters. The van der Waals surface area contributed by atoms with Crippen LogP contribution in [0.5, 0.6) is 11.5 Å². The number of ether oxygens (including phenoxy) is 3. The van der Waals surface area contributed by atoms with Gasteiger partial charge in [0.1, 0.15) is 4.88 Å². The van der Waals surface area contributed by atoms with Crippen LogP contribution >= 0.6 is 11.3 Å². The summed E-state index contributed by atoms with van der Waals surface area (Å²) in [5.41, 5.74) is 4.14. The number of anilines is 1. The van der Waals surface area contributed by atoms with Crippen LogP contribution in [0.4, 0.5) is 5.13 Å². The number of para-hydroxylation sites is 1. The van der Waals surface area contributed by atoms with Gasteiger partial charge in [-0.05, 0) is 19.1 Å². The van der Waals surface area contributed by atoms with E-state index in [1.807, 2.05) is 12.1 Å². The summed E-state index contributed by atoms with van der Waals surface area (Å²) >= 11 is 1.18. The second-order valence-electron chi connectivity index (χ2n) is 4.38. The molecular weight excluding hydrogens is 318 g/mol.